The van der Waals surface area contributed by atoms with Gasteiger partial charge in [0.15, 0.2) is 0 Å². The van der Waals surface area contributed by atoms with E-state index in [1.807, 2.05) is 18.2 Å². The van der Waals surface area contributed by atoms with Crippen LogP contribution in [0.25, 0.3) is 10.9 Å². The summed E-state index contributed by atoms with van der Waals surface area (Å²) >= 11 is 0. The Balaban J connectivity index is 2.44. The fraction of sp³-hybridized carbons (Fsp3) is 0.286. The molecule has 0 spiro atoms. The largest absolute Gasteiger partial charge is 0.481 e. The van der Waals surface area contributed by atoms with Crippen LogP contribution in [-0.4, -0.2) is 16.1 Å². The smallest absolute Gasteiger partial charge is 0.303 e. The van der Waals surface area contributed by atoms with Gasteiger partial charge in [0.2, 0.25) is 0 Å². The summed E-state index contributed by atoms with van der Waals surface area (Å²) in [4.78, 5) is 25.1. The van der Waals surface area contributed by atoms with Crippen molar-refractivity contribution in [1.82, 2.24) is 4.98 Å². The zero-order chi connectivity index (χ0) is 13.1. The van der Waals surface area contributed by atoms with Crippen LogP contribution >= 0.6 is 0 Å². The molecular weight excluding hydrogens is 230 g/mol. The van der Waals surface area contributed by atoms with Crippen molar-refractivity contribution in [3.05, 3.63) is 45.7 Å². The minimum atomic E-state index is -0.892. The molecule has 0 saturated carbocycles. The second kappa shape index (κ2) is 5.04. The van der Waals surface area contributed by atoms with Crippen molar-refractivity contribution in [3.8, 4) is 0 Å². The van der Waals surface area contributed by atoms with Crippen LogP contribution in [-0.2, 0) is 17.6 Å². The highest BCUT2D eigenvalue weighted by molar-refractivity contribution is 5.79. The number of H-pyrrole nitrogens is 1. The van der Waals surface area contributed by atoms with Gasteiger partial charge in [0.1, 0.15) is 0 Å². The highest BCUT2D eigenvalue weighted by Gasteiger charge is 2.06. The molecule has 0 bridgehead atoms. The number of hydrogen-bond acceptors (Lipinski definition) is 2. The first-order valence-electron chi connectivity index (χ1n) is 5.97. The van der Waals surface area contributed by atoms with Gasteiger partial charge in [-0.2, -0.15) is 0 Å². The van der Waals surface area contributed by atoms with Crippen molar-refractivity contribution in [3.63, 3.8) is 0 Å². The van der Waals surface area contributed by atoms with Crippen molar-refractivity contribution in [1.29, 1.82) is 0 Å². The maximum absolute atomic E-state index is 11.8. The summed E-state index contributed by atoms with van der Waals surface area (Å²) in [5.74, 6) is -0.892. The third-order valence-electron chi connectivity index (χ3n) is 3.00. The van der Waals surface area contributed by atoms with E-state index in [9.17, 15) is 9.59 Å². The van der Waals surface area contributed by atoms with E-state index >= 15 is 0 Å². The molecule has 0 radical (unpaired) electrons. The molecule has 0 unspecified atom stereocenters. The Morgan fingerprint density at radius 1 is 1.33 bits per heavy atom. The normalized spacial score (nSPS) is 10.7. The van der Waals surface area contributed by atoms with Crippen LogP contribution in [0.1, 0.15) is 24.5 Å². The first kappa shape index (κ1) is 12.4. The summed E-state index contributed by atoms with van der Waals surface area (Å²) in [5, 5.41) is 9.60. The number of hydrogen-bond donors (Lipinski definition) is 2. The number of pyridine rings is 1. The van der Waals surface area contributed by atoms with Crippen LogP contribution in [0.4, 0.5) is 0 Å². The van der Waals surface area contributed by atoms with Crippen molar-refractivity contribution in [2.45, 2.75) is 26.2 Å². The number of carboxylic acids is 1. The van der Waals surface area contributed by atoms with Crippen molar-refractivity contribution in [2.75, 3.05) is 0 Å². The second-order valence-corrected chi connectivity index (χ2v) is 4.29. The minimum Gasteiger partial charge on any atom is -0.481 e. The highest BCUT2D eigenvalue weighted by Crippen LogP contribution is 2.14. The SMILES string of the molecule is CCc1ccc2[nH]c(=O)c(CCC(=O)O)cc2c1. The van der Waals surface area contributed by atoms with Crippen LogP contribution in [0, 0.1) is 0 Å². The number of aryl methyl sites for hydroxylation is 2. The van der Waals surface area contributed by atoms with Gasteiger partial charge in [-0.25, -0.2) is 0 Å². The van der Waals surface area contributed by atoms with Crippen molar-refractivity contribution < 1.29 is 9.90 Å². The van der Waals surface area contributed by atoms with E-state index < -0.39 is 5.97 Å². The van der Waals surface area contributed by atoms with Crippen LogP contribution < -0.4 is 5.56 Å². The number of benzene rings is 1. The number of aromatic amines is 1. The van der Waals surface area contributed by atoms with E-state index in [-0.39, 0.29) is 18.4 Å². The standard InChI is InChI=1S/C14H15NO3/c1-2-9-3-5-12-11(7-9)8-10(14(18)15-12)4-6-13(16)17/h3,5,7-8H,2,4,6H2,1H3,(H,15,18)(H,16,17). The predicted molar refractivity (Wildman–Crippen MR) is 69.9 cm³/mol. The fourth-order valence-corrected chi connectivity index (χ4v) is 1.95. The van der Waals surface area contributed by atoms with Crippen LogP contribution in [0.2, 0.25) is 0 Å². The Labute approximate surface area is 104 Å². The summed E-state index contributed by atoms with van der Waals surface area (Å²) in [6.45, 7) is 2.07. The predicted octanol–water partition coefficient (Wildman–Crippen LogP) is 2.11. The molecule has 1 aromatic heterocycles. The quantitative estimate of drug-likeness (QED) is 0.866. The van der Waals surface area contributed by atoms with Gasteiger partial charge >= 0.3 is 5.97 Å². The Morgan fingerprint density at radius 2 is 2.11 bits per heavy atom. The van der Waals surface area contributed by atoms with Crippen molar-refractivity contribution in [2.24, 2.45) is 0 Å². The van der Waals surface area contributed by atoms with Gasteiger partial charge in [-0.05, 0) is 42.0 Å². The Morgan fingerprint density at radius 3 is 2.78 bits per heavy atom. The third-order valence-corrected chi connectivity index (χ3v) is 3.00. The van der Waals surface area contributed by atoms with Gasteiger partial charge in [-0.1, -0.05) is 13.0 Å². The van der Waals surface area contributed by atoms with Gasteiger partial charge in [0.25, 0.3) is 5.56 Å². The molecule has 1 aromatic carbocycles. The molecule has 2 N–H and O–H groups in total. The molecule has 0 aliphatic carbocycles. The molecule has 0 fully saturated rings. The molecule has 94 valence electrons. The monoisotopic (exact) mass is 245 g/mol. The zero-order valence-corrected chi connectivity index (χ0v) is 10.2. The molecule has 18 heavy (non-hydrogen) atoms. The highest BCUT2D eigenvalue weighted by atomic mass is 16.4. The van der Waals surface area contributed by atoms with E-state index in [2.05, 4.69) is 11.9 Å². The van der Waals surface area contributed by atoms with Gasteiger partial charge in [0.05, 0.1) is 0 Å². The molecule has 4 nitrogen and oxygen atoms in total. The molecule has 0 atom stereocenters. The number of aromatic nitrogens is 1. The summed E-state index contributed by atoms with van der Waals surface area (Å²) in [5.41, 5.74) is 2.31. The minimum absolute atomic E-state index is 0.0257. The molecule has 0 aliphatic rings. The van der Waals surface area contributed by atoms with E-state index in [0.29, 0.717) is 5.56 Å². The lowest BCUT2D eigenvalue weighted by Gasteiger charge is -2.04. The number of fused-ring (bicyclic) bond motifs is 1. The first-order valence-corrected chi connectivity index (χ1v) is 5.97. The maximum Gasteiger partial charge on any atom is 0.303 e. The molecule has 2 rings (SSSR count). The Hall–Kier alpha value is -2.10. The fourth-order valence-electron chi connectivity index (χ4n) is 1.95. The number of rotatable bonds is 4. The second-order valence-electron chi connectivity index (χ2n) is 4.29. The first-order chi connectivity index (χ1) is 8.60. The van der Waals surface area contributed by atoms with E-state index in [4.69, 9.17) is 5.11 Å². The number of carboxylic acid groups (broad SMARTS) is 1. The third kappa shape index (κ3) is 2.59. The van der Waals surface area contributed by atoms with Crippen LogP contribution in [0.15, 0.2) is 29.1 Å². The molecule has 2 aromatic rings. The maximum atomic E-state index is 11.8. The molecule has 0 saturated heterocycles. The summed E-state index contributed by atoms with van der Waals surface area (Å²) in [6, 6.07) is 7.68. The van der Waals surface area contributed by atoms with Gasteiger partial charge in [-0.3, -0.25) is 9.59 Å². The van der Waals surface area contributed by atoms with E-state index in [0.717, 1.165) is 17.3 Å². The zero-order valence-electron chi connectivity index (χ0n) is 10.2. The summed E-state index contributed by atoms with van der Waals surface area (Å²) < 4.78 is 0. The molecular formula is C14H15NO3. The Kier molecular flexibility index (Phi) is 3.46. The number of aliphatic carboxylic acids is 1. The molecule has 0 aliphatic heterocycles. The average molecular weight is 245 g/mol. The number of carbonyl (C=O) groups is 1. The van der Waals surface area contributed by atoms with Gasteiger partial charge < -0.3 is 10.1 Å². The Bertz CT molecular complexity index is 643. The number of nitrogens with one attached hydrogen (secondary N) is 1. The molecule has 0 amide bonds. The van der Waals surface area contributed by atoms with Crippen molar-refractivity contribution >= 4 is 16.9 Å². The van der Waals surface area contributed by atoms with Crippen LogP contribution in [0.5, 0.6) is 0 Å². The lowest BCUT2D eigenvalue weighted by molar-refractivity contribution is -0.136. The van der Waals surface area contributed by atoms with E-state index in [1.54, 1.807) is 6.07 Å². The topological polar surface area (TPSA) is 70.2 Å². The van der Waals surface area contributed by atoms with Gasteiger partial charge in [0, 0.05) is 17.5 Å². The lowest BCUT2D eigenvalue weighted by Crippen LogP contribution is -2.13. The summed E-state index contributed by atoms with van der Waals surface area (Å²) in [6.07, 6.45) is 1.17. The van der Waals surface area contributed by atoms with E-state index in [1.165, 1.54) is 5.56 Å². The average Bonchev–Trinajstić information content (AvgIpc) is 2.35. The lowest BCUT2D eigenvalue weighted by atomic mass is 10.1. The van der Waals surface area contributed by atoms with Gasteiger partial charge in [-0.15, -0.1) is 0 Å². The van der Waals surface area contributed by atoms with Crippen LogP contribution in [0.3, 0.4) is 0 Å². The molecule has 1 heterocycles. The summed E-state index contributed by atoms with van der Waals surface area (Å²) in [7, 11) is 0. The molecule has 4 heteroatoms.